The zero-order valence-corrected chi connectivity index (χ0v) is 20.0. The van der Waals surface area contributed by atoms with E-state index < -0.39 is 0 Å². The van der Waals surface area contributed by atoms with Crippen LogP contribution in [0.5, 0.6) is 0 Å². The predicted octanol–water partition coefficient (Wildman–Crippen LogP) is 2.39. The summed E-state index contributed by atoms with van der Waals surface area (Å²) in [5, 5.41) is 6.92. The lowest BCUT2D eigenvalue weighted by molar-refractivity contribution is 0.00867. The van der Waals surface area contributed by atoms with Crippen LogP contribution in [0.2, 0.25) is 0 Å². The van der Waals surface area contributed by atoms with E-state index in [1.165, 1.54) is 45.3 Å². The van der Waals surface area contributed by atoms with Crippen molar-refractivity contribution in [1.29, 1.82) is 0 Å². The molecule has 160 valence electrons. The number of hydrogen-bond donors (Lipinski definition) is 2. The van der Waals surface area contributed by atoms with Gasteiger partial charge in [0.2, 0.25) is 0 Å². The molecule has 6 nitrogen and oxygen atoms in total. The predicted molar refractivity (Wildman–Crippen MR) is 125 cm³/mol. The highest BCUT2D eigenvalue weighted by molar-refractivity contribution is 14.0. The third-order valence-electron chi connectivity index (χ3n) is 5.46. The van der Waals surface area contributed by atoms with Crippen molar-refractivity contribution < 1.29 is 4.74 Å². The monoisotopic (exact) mass is 495 g/mol. The average Bonchev–Trinajstić information content (AvgIpc) is 3.15. The summed E-state index contributed by atoms with van der Waals surface area (Å²) in [6.45, 7) is 17.1. The lowest BCUT2D eigenvalue weighted by Gasteiger charge is -2.36. The third kappa shape index (κ3) is 9.76. The highest BCUT2D eigenvalue weighted by Crippen LogP contribution is 2.13. The van der Waals surface area contributed by atoms with Crippen molar-refractivity contribution in [3.63, 3.8) is 0 Å². The van der Waals surface area contributed by atoms with E-state index in [0.717, 1.165) is 51.9 Å². The van der Waals surface area contributed by atoms with Crippen LogP contribution in [0.1, 0.15) is 46.5 Å². The Kier molecular flexibility index (Phi) is 13.7. The smallest absolute Gasteiger partial charge is 0.191 e. The number of likely N-dealkylation sites (tertiary alicyclic amines) is 1. The van der Waals surface area contributed by atoms with Crippen molar-refractivity contribution in [3.8, 4) is 0 Å². The topological polar surface area (TPSA) is 52.1 Å². The van der Waals surface area contributed by atoms with Gasteiger partial charge in [0.15, 0.2) is 5.96 Å². The number of rotatable bonds is 10. The number of hydrogen-bond acceptors (Lipinski definition) is 4. The fraction of sp³-hybridized carbons (Fsp3) is 0.950. The Labute approximate surface area is 183 Å². The van der Waals surface area contributed by atoms with Crippen LogP contribution in [0.3, 0.4) is 0 Å². The second-order valence-corrected chi connectivity index (χ2v) is 7.86. The molecule has 2 N–H and O–H groups in total. The molecular weight excluding hydrogens is 453 g/mol. The molecule has 7 heteroatoms. The van der Waals surface area contributed by atoms with Crippen LogP contribution in [-0.4, -0.2) is 87.4 Å². The van der Waals surface area contributed by atoms with Crippen molar-refractivity contribution in [2.75, 3.05) is 65.6 Å². The quantitative estimate of drug-likeness (QED) is 0.211. The van der Waals surface area contributed by atoms with E-state index in [-0.39, 0.29) is 24.0 Å². The second-order valence-electron chi connectivity index (χ2n) is 7.86. The summed E-state index contributed by atoms with van der Waals surface area (Å²) in [4.78, 5) is 10.0. The van der Waals surface area contributed by atoms with E-state index in [9.17, 15) is 0 Å². The third-order valence-corrected chi connectivity index (χ3v) is 5.46. The maximum atomic E-state index is 5.50. The number of morpholine rings is 1. The molecule has 0 aromatic rings. The Morgan fingerprint density at radius 1 is 1.04 bits per heavy atom. The number of aliphatic imine (C=N–C) groups is 1. The second kappa shape index (κ2) is 14.8. The van der Waals surface area contributed by atoms with E-state index in [1.54, 1.807) is 0 Å². The molecule has 0 aliphatic carbocycles. The van der Waals surface area contributed by atoms with Crippen LogP contribution >= 0.6 is 24.0 Å². The normalized spacial score (nSPS) is 20.5. The van der Waals surface area contributed by atoms with Crippen LogP contribution in [-0.2, 0) is 4.74 Å². The summed E-state index contributed by atoms with van der Waals surface area (Å²) in [6.07, 6.45) is 5.25. The molecular formula is C20H42IN5O. The lowest BCUT2D eigenvalue weighted by Crippen LogP contribution is -2.48. The molecule has 0 aromatic heterocycles. The van der Waals surface area contributed by atoms with Crippen LogP contribution in [0.25, 0.3) is 0 Å². The van der Waals surface area contributed by atoms with E-state index in [1.807, 2.05) is 0 Å². The molecule has 0 spiro atoms. The molecule has 2 fully saturated rings. The number of nitrogens with zero attached hydrogens (tertiary/aromatic N) is 3. The Hall–Kier alpha value is -0.120. The minimum absolute atomic E-state index is 0. The molecule has 0 amide bonds. The van der Waals surface area contributed by atoms with Gasteiger partial charge in [0.1, 0.15) is 0 Å². The first-order valence-electron chi connectivity index (χ1n) is 10.8. The molecule has 1 unspecified atom stereocenters. The lowest BCUT2D eigenvalue weighted by atomic mass is 10.0. The summed E-state index contributed by atoms with van der Waals surface area (Å²) >= 11 is 0. The molecule has 0 radical (unpaired) electrons. The van der Waals surface area contributed by atoms with Crippen molar-refractivity contribution in [2.24, 2.45) is 10.9 Å². The summed E-state index contributed by atoms with van der Waals surface area (Å²) in [5.74, 6) is 1.56. The van der Waals surface area contributed by atoms with Crippen LogP contribution < -0.4 is 10.6 Å². The van der Waals surface area contributed by atoms with Gasteiger partial charge in [0.05, 0.1) is 19.8 Å². The molecule has 2 aliphatic heterocycles. The summed E-state index contributed by atoms with van der Waals surface area (Å²) < 4.78 is 5.50. The van der Waals surface area contributed by atoms with E-state index in [4.69, 9.17) is 9.73 Å². The van der Waals surface area contributed by atoms with Gasteiger partial charge >= 0.3 is 0 Å². The Balaban J connectivity index is 0.00000364. The molecule has 0 bridgehead atoms. The Morgan fingerprint density at radius 2 is 1.74 bits per heavy atom. The van der Waals surface area contributed by atoms with Crippen LogP contribution in [0, 0.1) is 5.92 Å². The summed E-state index contributed by atoms with van der Waals surface area (Å²) in [6, 6.07) is 0.490. The van der Waals surface area contributed by atoms with Crippen molar-refractivity contribution in [3.05, 3.63) is 0 Å². The maximum Gasteiger partial charge on any atom is 0.191 e. The van der Waals surface area contributed by atoms with Crippen LogP contribution in [0.15, 0.2) is 4.99 Å². The number of guanidine groups is 1. The molecule has 2 heterocycles. The van der Waals surface area contributed by atoms with Gasteiger partial charge in [-0.05, 0) is 58.2 Å². The molecule has 2 saturated heterocycles. The van der Waals surface area contributed by atoms with Gasteiger partial charge in [-0.1, -0.05) is 13.8 Å². The molecule has 2 rings (SSSR count). The fourth-order valence-electron chi connectivity index (χ4n) is 3.86. The average molecular weight is 495 g/mol. The minimum atomic E-state index is 0. The largest absolute Gasteiger partial charge is 0.379 e. The Bertz CT molecular complexity index is 396. The Morgan fingerprint density at radius 3 is 2.37 bits per heavy atom. The van der Waals surface area contributed by atoms with Gasteiger partial charge in [-0.15, -0.1) is 24.0 Å². The molecule has 1 atom stereocenters. The van der Waals surface area contributed by atoms with Crippen LogP contribution in [0.4, 0.5) is 0 Å². The number of halogens is 1. The van der Waals surface area contributed by atoms with E-state index in [2.05, 4.69) is 41.2 Å². The summed E-state index contributed by atoms with van der Waals surface area (Å²) in [7, 11) is 0. The van der Waals surface area contributed by atoms with Gasteiger partial charge in [0, 0.05) is 32.2 Å². The van der Waals surface area contributed by atoms with Crippen molar-refractivity contribution >= 4 is 29.9 Å². The molecule has 0 aromatic carbocycles. The SMILES string of the molecule is CCNC(=NCC(C(C)C)N1CCOCC1)NCCCCN1CCCC1.I. The van der Waals surface area contributed by atoms with Gasteiger partial charge in [0.25, 0.3) is 0 Å². The van der Waals surface area contributed by atoms with Crippen molar-refractivity contribution in [2.45, 2.75) is 52.5 Å². The minimum Gasteiger partial charge on any atom is -0.379 e. The first-order chi connectivity index (χ1) is 12.7. The highest BCUT2D eigenvalue weighted by Gasteiger charge is 2.23. The summed E-state index contributed by atoms with van der Waals surface area (Å²) in [5.41, 5.74) is 0. The molecule has 27 heavy (non-hydrogen) atoms. The fourth-order valence-corrected chi connectivity index (χ4v) is 3.86. The van der Waals surface area contributed by atoms with Gasteiger partial charge in [-0.3, -0.25) is 9.89 Å². The molecule has 2 aliphatic rings. The first kappa shape index (κ1) is 24.9. The van der Waals surface area contributed by atoms with Gasteiger partial charge in [-0.2, -0.15) is 0 Å². The highest BCUT2D eigenvalue weighted by atomic mass is 127. The van der Waals surface area contributed by atoms with E-state index in [0.29, 0.717) is 12.0 Å². The zero-order valence-electron chi connectivity index (χ0n) is 17.7. The van der Waals surface area contributed by atoms with E-state index >= 15 is 0 Å². The molecule has 0 saturated carbocycles. The number of unbranched alkanes of at least 4 members (excludes halogenated alkanes) is 1. The maximum absolute atomic E-state index is 5.50. The first-order valence-corrected chi connectivity index (χ1v) is 10.8. The van der Waals surface area contributed by atoms with Gasteiger partial charge < -0.3 is 20.3 Å². The number of ether oxygens (including phenoxy) is 1. The zero-order chi connectivity index (χ0) is 18.6. The van der Waals surface area contributed by atoms with Gasteiger partial charge in [-0.25, -0.2) is 0 Å². The standard InChI is InChI=1S/C20H41N5O.HI/c1-4-21-20(22-9-5-6-10-24-11-7-8-12-24)23-17-19(18(2)3)25-13-15-26-16-14-25;/h18-19H,4-17H2,1-3H3,(H2,21,22,23);1H. The number of nitrogens with one attached hydrogen (secondary N) is 2. The van der Waals surface area contributed by atoms with Crippen molar-refractivity contribution in [1.82, 2.24) is 20.4 Å².